The molecule has 0 atom stereocenters. The number of aromatic nitrogens is 2. The second-order valence-corrected chi connectivity index (χ2v) is 4.17. The fourth-order valence-corrected chi connectivity index (χ4v) is 1.95. The summed E-state index contributed by atoms with van der Waals surface area (Å²) in [7, 11) is 1.83. The van der Waals surface area contributed by atoms with Crippen LogP contribution in [0.15, 0.2) is 17.4 Å². The highest BCUT2D eigenvalue weighted by molar-refractivity contribution is 14.0. The van der Waals surface area contributed by atoms with Crippen LogP contribution in [0, 0.1) is 0 Å². The standard InChI is InChI=1S/C11H18N6O.HI/c1-3-13-11(12)16-4-5-17(10(18)8-16)9-6-14-15(2)7-9;/h6-7H,3-5,8H2,1-2H3,(H2,12,13);1H. The van der Waals surface area contributed by atoms with Crippen LogP contribution in [0.5, 0.6) is 0 Å². The molecule has 1 aliphatic rings. The highest BCUT2D eigenvalue weighted by Crippen LogP contribution is 2.15. The van der Waals surface area contributed by atoms with Gasteiger partial charge in [0.2, 0.25) is 5.91 Å². The fourth-order valence-electron chi connectivity index (χ4n) is 1.95. The van der Waals surface area contributed by atoms with Gasteiger partial charge >= 0.3 is 0 Å². The number of rotatable bonds is 2. The Morgan fingerprint density at radius 2 is 2.26 bits per heavy atom. The first-order valence-electron chi connectivity index (χ1n) is 5.95. The summed E-state index contributed by atoms with van der Waals surface area (Å²) < 4.78 is 1.68. The molecule has 7 nitrogen and oxygen atoms in total. The van der Waals surface area contributed by atoms with Crippen molar-refractivity contribution in [2.45, 2.75) is 6.92 Å². The molecule has 0 radical (unpaired) electrons. The molecular formula is C11H19IN6O. The Kier molecular flexibility index (Phi) is 5.58. The van der Waals surface area contributed by atoms with Crippen molar-refractivity contribution in [2.75, 3.05) is 31.1 Å². The van der Waals surface area contributed by atoms with Crippen molar-refractivity contribution in [3.05, 3.63) is 12.4 Å². The molecule has 0 unspecified atom stereocenters. The quantitative estimate of drug-likeness (QED) is 0.447. The number of amides is 1. The number of aryl methyl sites for hydroxylation is 1. The third-order valence-electron chi connectivity index (χ3n) is 2.87. The van der Waals surface area contributed by atoms with Crippen LogP contribution in [0.3, 0.4) is 0 Å². The molecule has 0 aromatic carbocycles. The first-order valence-corrected chi connectivity index (χ1v) is 5.95. The molecule has 0 aliphatic carbocycles. The topological polar surface area (TPSA) is 79.8 Å². The molecule has 0 saturated carbocycles. The molecule has 1 saturated heterocycles. The summed E-state index contributed by atoms with van der Waals surface area (Å²) in [6.07, 6.45) is 3.52. The average Bonchev–Trinajstić information content (AvgIpc) is 2.76. The van der Waals surface area contributed by atoms with E-state index in [2.05, 4.69) is 10.1 Å². The molecule has 1 aromatic rings. The van der Waals surface area contributed by atoms with E-state index in [0.29, 0.717) is 25.6 Å². The zero-order chi connectivity index (χ0) is 13.1. The number of aliphatic imine (C=N–C) groups is 1. The SMILES string of the molecule is CCN=C(N)N1CCN(c2cnn(C)c2)C(=O)C1.I. The van der Waals surface area contributed by atoms with Gasteiger partial charge in [0.25, 0.3) is 0 Å². The molecule has 1 aliphatic heterocycles. The van der Waals surface area contributed by atoms with Gasteiger partial charge in [0.1, 0.15) is 6.54 Å². The van der Waals surface area contributed by atoms with Crippen molar-refractivity contribution >= 4 is 41.5 Å². The lowest BCUT2D eigenvalue weighted by molar-refractivity contribution is -0.120. The molecular weight excluding hydrogens is 359 g/mol. The summed E-state index contributed by atoms with van der Waals surface area (Å²) in [5.74, 6) is 0.459. The number of piperazine rings is 1. The normalized spacial score (nSPS) is 16.5. The zero-order valence-corrected chi connectivity index (χ0v) is 13.4. The molecule has 2 rings (SSSR count). The van der Waals surface area contributed by atoms with E-state index in [0.717, 1.165) is 5.69 Å². The first kappa shape index (κ1) is 15.7. The summed E-state index contributed by atoms with van der Waals surface area (Å²) >= 11 is 0. The highest BCUT2D eigenvalue weighted by atomic mass is 127. The summed E-state index contributed by atoms with van der Waals surface area (Å²) in [5.41, 5.74) is 6.63. The molecule has 106 valence electrons. The monoisotopic (exact) mass is 378 g/mol. The van der Waals surface area contributed by atoms with Gasteiger partial charge in [0, 0.05) is 32.9 Å². The second-order valence-electron chi connectivity index (χ2n) is 4.17. The van der Waals surface area contributed by atoms with Crippen LogP contribution < -0.4 is 10.6 Å². The Hall–Kier alpha value is -1.32. The van der Waals surface area contributed by atoms with Crippen LogP contribution in [0.25, 0.3) is 0 Å². The van der Waals surface area contributed by atoms with Crippen LogP contribution in [-0.2, 0) is 11.8 Å². The third kappa shape index (κ3) is 3.58. The van der Waals surface area contributed by atoms with Gasteiger partial charge in [-0.25, -0.2) is 0 Å². The number of carbonyl (C=O) groups excluding carboxylic acids is 1. The Morgan fingerprint density at radius 3 is 2.79 bits per heavy atom. The number of guanidine groups is 1. The minimum Gasteiger partial charge on any atom is -0.370 e. The van der Waals surface area contributed by atoms with Crippen molar-refractivity contribution in [3.8, 4) is 0 Å². The van der Waals surface area contributed by atoms with Crippen LogP contribution in [0.4, 0.5) is 5.69 Å². The van der Waals surface area contributed by atoms with E-state index < -0.39 is 0 Å². The number of anilines is 1. The Bertz CT molecular complexity index is 472. The van der Waals surface area contributed by atoms with Crippen molar-refractivity contribution in [1.82, 2.24) is 14.7 Å². The molecule has 2 N–H and O–H groups in total. The van der Waals surface area contributed by atoms with E-state index in [1.54, 1.807) is 20.7 Å². The van der Waals surface area contributed by atoms with Gasteiger partial charge < -0.3 is 15.5 Å². The molecule has 0 spiro atoms. The molecule has 1 fully saturated rings. The minimum atomic E-state index is 0. The summed E-state index contributed by atoms with van der Waals surface area (Å²) in [4.78, 5) is 19.7. The van der Waals surface area contributed by atoms with E-state index >= 15 is 0 Å². The van der Waals surface area contributed by atoms with Gasteiger partial charge in [-0.2, -0.15) is 5.10 Å². The lowest BCUT2D eigenvalue weighted by Gasteiger charge is -2.34. The van der Waals surface area contributed by atoms with Gasteiger partial charge in [-0.3, -0.25) is 14.5 Å². The van der Waals surface area contributed by atoms with E-state index in [4.69, 9.17) is 5.73 Å². The maximum atomic E-state index is 12.1. The van der Waals surface area contributed by atoms with Gasteiger partial charge in [-0.1, -0.05) is 0 Å². The number of carbonyl (C=O) groups is 1. The number of halogens is 1. The summed E-state index contributed by atoms with van der Waals surface area (Å²) in [5, 5.41) is 4.07. The number of hydrogen-bond acceptors (Lipinski definition) is 3. The zero-order valence-electron chi connectivity index (χ0n) is 11.1. The van der Waals surface area contributed by atoms with Crippen LogP contribution in [0.2, 0.25) is 0 Å². The molecule has 19 heavy (non-hydrogen) atoms. The van der Waals surface area contributed by atoms with E-state index in [-0.39, 0.29) is 36.4 Å². The molecule has 8 heteroatoms. The first-order chi connectivity index (χ1) is 8.61. The maximum Gasteiger partial charge on any atom is 0.246 e. The molecule has 1 amide bonds. The van der Waals surface area contributed by atoms with Crippen LogP contribution >= 0.6 is 24.0 Å². The Balaban J connectivity index is 0.00000180. The van der Waals surface area contributed by atoms with E-state index in [1.165, 1.54) is 0 Å². The van der Waals surface area contributed by atoms with Gasteiger partial charge in [0.05, 0.1) is 11.9 Å². The highest BCUT2D eigenvalue weighted by Gasteiger charge is 2.26. The van der Waals surface area contributed by atoms with Crippen molar-refractivity contribution < 1.29 is 4.79 Å². The Morgan fingerprint density at radius 1 is 1.53 bits per heavy atom. The molecule has 1 aromatic heterocycles. The van der Waals surface area contributed by atoms with Crippen molar-refractivity contribution in [3.63, 3.8) is 0 Å². The predicted molar refractivity (Wildman–Crippen MR) is 84.7 cm³/mol. The number of nitrogens with two attached hydrogens (primary N) is 1. The lowest BCUT2D eigenvalue weighted by Crippen LogP contribution is -2.54. The van der Waals surface area contributed by atoms with E-state index in [1.807, 2.05) is 20.2 Å². The van der Waals surface area contributed by atoms with E-state index in [9.17, 15) is 4.79 Å². The number of nitrogens with zero attached hydrogens (tertiary/aromatic N) is 5. The third-order valence-corrected chi connectivity index (χ3v) is 2.87. The van der Waals surface area contributed by atoms with Gasteiger partial charge in [0.15, 0.2) is 5.96 Å². The van der Waals surface area contributed by atoms with Gasteiger partial charge in [-0.05, 0) is 6.92 Å². The maximum absolute atomic E-state index is 12.1. The summed E-state index contributed by atoms with van der Waals surface area (Å²) in [6, 6.07) is 0. The molecule has 0 bridgehead atoms. The van der Waals surface area contributed by atoms with Gasteiger partial charge in [-0.15, -0.1) is 24.0 Å². The van der Waals surface area contributed by atoms with Crippen molar-refractivity contribution in [2.24, 2.45) is 17.8 Å². The number of hydrogen-bond donors (Lipinski definition) is 1. The van der Waals surface area contributed by atoms with Crippen LogP contribution in [0.1, 0.15) is 6.92 Å². The predicted octanol–water partition coefficient (Wildman–Crippen LogP) is 0.0213. The molecule has 2 heterocycles. The summed E-state index contributed by atoms with van der Waals surface area (Å²) in [6.45, 7) is 4.11. The Labute approximate surface area is 129 Å². The smallest absolute Gasteiger partial charge is 0.246 e. The van der Waals surface area contributed by atoms with Crippen LogP contribution in [-0.4, -0.2) is 52.7 Å². The second kappa shape index (κ2) is 6.73. The van der Waals surface area contributed by atoms with Crippen molar-refractivity contribution in [1.29, 1.82) is 0 Å². The largest absolute Gasteiger partial charge is 0.370 e. The minimum absolute atomic E-state index is 0. The lowest BCUT2D eigenvalue weighted by atomic mass is 10.3. The fraction of sp³-hybridized carbons (Fsp3) is 0.545. The average molecular weight is 378 g/mol.